The molecule has 4 heteroatoms. The maximum atomic E-state index is 11.7. The van der Waals surface area contributed by atoms with Crippen LogP contribution in [-0.2, 0) is 4.79 Å². The van der Waals surface area contributed by atoms with Gasteiger partial charge >= 0.3 is 0 Å². The largest absolute Gasteiger partial charge is 0.274 e. The van der Waals surface area contributed by atoms with E-state index in [1.165, 1.54) is 11.8 Å². The van der Waals surface area contributed by atoms with E-state index in [9.17, 15) is 4.79 Å². The number of pyridine rings is 1. The summed E-state index contributed by atoms with van der Waals surface area (Å²) in [6, 6.07) is 12.5. The van der Waals surface area contributed by atoms with Crippen LogP contribution in [0.4, 0.5) is 11.5 Å². The molecular weight excluding hydrogens is 236 g/mol. The van der Waals surface area contributed by atoms with Crippen LogP contribution >= 0.6 is 11.6 Å². The third-order valence-corrected chi connectivity index (χ3v) is 2.49. The van der Waals surface area contributed by atoms with E-state index in [-0.39, 0.29) is 5.91 Å². The predicted octanol–water partition coefficient (Wildman–Crippen LogP) is 3.42. The van der Waals surface area contributed by atoms with Crippen molar-refractivity contribution in [3.05, 3.63) is 53.7 Å². The van der Waals surface area contributed by atoms with Crippen molar-refractivity contribution in [3.8, 4) is 0 Å². The van der Waals surface area contributed by atoms with Crippen LogP contribution in [0.1, 0.15) is 6.92 Å². The first kappa shape index (κ1) is 11.6. The first-order chi connectivity index (χ1) is 8.18. The number of rotatable bonds is 2. The molecule has 0 unspecified atom stereocenters. The molecule has 0 saturated carbocycles. The van der Waals surface area contributed by atoms with Gasteiger partial charge in [-0.25, -0.2) is 4.98 Å². The Morgan fingerprint density at radius 1 is 1.24 bits per heavy atom. The molecule has 1 aromatic heterocycles. The van der Waals surface area contributed by atoms with E-state index in [0.29, 0.717) is 16.5 Å². The summed E-state index contributed by atoms with van der Waals surface area (Å²) >= 11 is 5.92. The summed E-state index contributed by atoms with van der Waals surface area (Å²) in [5, 5.41) is 0.588. The zero-order chi connectivity index (χ0) is 12.3. The molecule has 0 aliphatic heterocycles. The van der Waals surface area contributed by atoms with Gasteiger partial charge in [-0.15, -0.1) is 0 Å². The van der Waals surface area contributed by atoms with Gasteiger partial charge in [-0.1, -0.05) is 23.7 Å². The molecule has 1 heterocycles. The molecule has 0 N–H and O–H groups in total. The van der Waals surface area contributed by atoms with Gasteiger partial charge in [0.05, 0.1) is 5.69 Å². The lowest BCUT2D eigenvalue weighted by Gasteiger charge is -2.20. The van der Waals surface area contributed by atoms with Gasteiger partial charge in [-0.2, -0.15) is 0 Å². The Balaban J connectivity index is 2.47. The molecule has 0 aliphatic carbocycles. The number of carbonyl (C=O) groups is 1. The molecule has 3 nitrogen and oxygen atoms in total. The highest BCUT2D eigenvalue weighted by atomic mass is 35.5. The molecule has 1 amide bonds. The number of anilines is 2. The van der Waals surface area contributed by atoms with E-state index in [0.717, 1.165) is 0 Å². The molecule has 0 radical (unpaired) electrons. The van der Waals surface area contributed by atoms with Crippen molar-refractivity contribution in [1.29, 1.82) is 0 Å². The zero-order valence-electron chi connectivity index (χ0n) is 9.30. The quantitative estimate of drug-likeness (QED) is 0.814. The summed E-state index contributed by atoms with van der Waals surface area (Å²) in [6.45, 7) is 1.50. The normalized spacial score (nSPS) is 10.0. The second-order valence-electron chi connectivity index (χ2n) is 3.52. The average Bonchev–Trinajstić information content (AvgIpc) is 2.30. The molecule has 17 heavy (non-hydrogen) atoms. The number of aromatic nitrogens is 1. The van der Waals surface area contributed by atoms with Crippen LogP contribution in [0.2, 0.25) is 5.02 Å². The van der Waals surface area contributed by atoms with Gasteiger partial charge in [0, 0.05) is 18.1 Å². The first-order valence-electron chi connectivity index (χ1n) is 5.16. The van der Waals surface area contributed by atoms with Crippen LogP contribution in [0.5, 0.6) is 0 Å². The standard InChI is InChI=1S/C13H11ClN2O/c1-10(17)16(13-7-2-3-8-15-13)12-6-4-5-11(14)9-12/h2-9H,1H3. The molecule has 0 fully saturated rings. The van der Waals surface area contributed by atoms with Gasteiger partial charge in [-0.3, -0.25) is 9.69 Å². The lowest BCUT2D eigenvalue weighted by Crippen LogP contribution is -2.23. The Kier molecular flexibility index (Phi) is 3.40. The molecule has 0 saturated heterocycles. The van der Waals surface area contributed by atoms with Gasteiger partial charge < -0.3 is 0 Å². The second kappa shape index (κ2) is 4.97. The van der Waals surface area contributed by atoms with E-state index in [1.807, 2.05) is 12.1 Å². The SMILES string of the molecule is CC(=O)N(c1cccc(Cl)c1)c1ccccn1. The molecule has 0 bridgehead atoms. The molecule has 86 valence electrons. The molecular formula is C13H11ClN2O. The summed E-state index contributed by atoms with van der Waals surface area (Å²) in [6.07, 6.45) is 1.65. The number of amides is 1. The Labute approximate surface area is 105 Å². The zero-order valence-corrected chi connectivity index (χ0v) is 10.1. The third kappa shape index (κ3) is 2.63. The highest BCUT2D eigenvalue weighted by Gasteiger charge is 2.14. The average molecular weight is 247 g/mol. The van der Waals surface area contributed by atoms with Crippen LogP contribution in [0.15, 0.2) is 48.7 Å². The fourth-order valence-corrected chi connectivity index (χ4v) is 1.76. The van der Waals surface area contributed by atoms with E-state index in [2.05, 4.69) is 4.98 Å². The van der Waals surface area contributed by atoms with E-state index in [4.69, 9.17) is 11.6 Å². The first-order valence-corrected chi connectivity index (χ1v) is 5.53. The van der Waals surface area contributed by atoms with Crippen LogP contribution < -0.4 is 4.90 Å². The van der Waals surface area contributed by atoms with Crippen molar-refractivity contribution in [2.75, 3.05) is 4.90 Å². The van der Waals surface area contributed by atoms with Gasteiger partial charge in [0.25, 0.3) is 0 Å². The monoisotopic (exact) mass is 246 g/mol. The van der Waals surface area contributed by atoms with Crippen LogP contribution in [0, 0.1) is 0 Å². The van der Waals surface area contributed by atoms with Gasteiger partial charge in [0.2, 0.25) is 5.91 Å². The van der Waals surface area contributed by atoms with E-state index < -0.39 is 0 Å². The van der Waals surface area contributed by atoms with Gasteiger partial charge in [0.15, 0.2) is 0 Å². The maximum Gasteiger partial charge on any atom is 0.229 e. The number of benzene rings is 1. The number of carbonyl (C=O) groups excluding carboxylic acids is 1. The fourth-order valence-electron chi connectivity index (χ4n) is 1.58. The Morgan fingerprint density at radius 2 is 2.06 bits per heavy atom. The number of hydrogen-bond donors (Lipinski definition) is 0. The minimum atomic E-state index is -0.106. The number of halogens is 1. The topological polar surface area (TPSA) is 33.2 Å². The van der Waals surface area contributed by atoms with Crippen molar-refractivity contribution in [2.45, 2.75) is 6.92 Å². The van der Waals surface area contributed by atoms with Crippen molar-refractivity contribution in [2.24, 2.45) is 0 Å². The maximum absolute atomic E-state index is 11.7. The van der Waals surface area contributed by atoms with Crippen LogP contribution in [0.3, 0.4) is 0 Å². The smallest absolute Gasteiger partial charge is 0.229 e. The van der Waals surface area contributed by atoms with Crippen molar-refractivity contribution < 1.29 is 4.79 Å². The Bertz CT molecular complexity index is 528. The summed E-state index contributed by atoms with van der Waals surface area (Å²) in [5.41, 5.74) is 0.712. The fraction of sp³-hybridized carbons (Fsp3) is 0.0769. The van der Waals surface area contributed by atoms with E-state index >= 15 is 0 Å². The summed E-state index contributed by atoms with van der Waals surface area (Å²) < 4.78 is 0. The van der Waals surface area contributed by atoms with Gasteiger partial charge in [-0.05, 0) is 30.3 Å². The molecule has 0 atom stereocenters. The van der Waals surface area contributed by atoms with Crippen LogP contribution in [-0.4, -0.2) is 10.9 Å². The summed E-state index contributed by atoms with van der Waals surface area (Å²) in [7, 11) is 0. The van der Waals surface area contributed by atoms with Crippen molar-refractivity contribution in [1.82, 2.24) is 4.98 Å². The van der Waals surface area contributed by atoms with Crippen LogP contribution in [0.25, 0.3) is 0 Å². The summed E-state index contributed by atoms with van der Waals surface area (Å²) in [4.78, 5) is 17.4. The molecule has 0 aliphatic rings. The highest BCUT2D eigenvalue weighted by Crippen LogP contribution is 2.25. The Hall–Kier alpha value is -1.87. The lowest BCUT2D eigenvalue weighted by atomic mass is 10.2. The molecule has 1 aromatic carbocycles. The van der Waals surface area contributed by atoms with Crippen molar-refractivity contribution >= 4 is 29.0 Å². The predicted molar refractivity (Wildman–Crippen MR) is 68.5 cm³/mol. The molecule has 2 rings (SSSR count). The summed E-state index contributed by atoms with van der Waals surface area (Å²) in [5.74, 6) is 0.480. The Morgan fingerprint density at radius 3 is 2.65 bits per heavy atom. The molecule has 0 spiro atoms. The van der Waals surface area contributed by atoms with Crippen molar-refractivity contribution in [3.63, 3.8) is 0 Å². The van der Waals surface area contributed by atoms with Gasteiger partial charge in [0.1, 0.15) is 5.82 Å². The molecule has 2 aromatic rings. The second-order valence-corrected chi connectivity index (χ2v) is 3.96. The third-order valence-electron chi connectivity index (χ3n) is 2.26. The van der Waals surface area contributed by atoms with E-state index in [1.54, 1.807) is 36.5 Å². The lowest BCUT2D eigenvalue weighted by molar-refractivity contribution is -0.115. The minimum absolute atomic E-state index is 0.106. The number of nitrogens with zero attached hydrogens (tertiary/aromatic N) is 2. The highest BCUT2D eigenvalue weighted by molar-refractivity contribution is 6.31. The minimum Gasteiger partial charge on any atom is -0.274 e. The number of hydrogen-bond acceptors (Lipinski definition) is 2.